The van der Waals surface area contributed by atoms with Gasteiger partial charge in [-0.3, -0.25) is 4.98 Å². The monoisotopic (exact) mass is 557 g/mol. The molecule has 12 heteroatoms. The molecular formula is C27H26F3N5O3S. The quantitative estimate of drug-likeness (QED) is 0.252. The molecule has 1 aliphatic heterocycles. The molecule has 39 heavy (non-hydrogen) atoms. The first kappa shape index (κ1) is 26.9. The maximum atomic E-state index is 13.9. The Labute approximate surface area is 225 Å². The number of nitrogens with zero attached hydrogens (tertiary/aromatic N) is 3. The van der Waals surface area contributed by atoms with E-state index in [1.807, 2.05) is 42.5 Å². The third-order valence-corrected chi connectivity index (χ3v) is 7.95. The molecule has 4 heterocycles. The van der Waals surface area contributed by atoms with Crippen molar-refractivity contribution in [3.63, 3.8) is 0 Å². The Hall–Kier alpha value is -3.74. The minimum absolute atomic E-state index is 0.0489. The van der Waals surface area contributed by atoms with Crippen LogP contribution in [0.3, 0.4) is 0 Å². The number of pyridine rings is 2. The smallest absolute Gasteiger partial charge is 0.417 e. The Morgan fingerprint density at radius 1 is 1.18 bits per heavy atom. The van der Waals surface area contributed by atoms with Crippen LogP contribution in [0.25, 0.3) is 21.5 Å². The zero-order valence-electron chi connectivity index (χ0n) is 20.7. The second-order valence-corrected chi connectivity index (χ2v) is 10.4. The number of aliphatic hydroxyl groups excluding tert-OH is 1. The molecule has 0 saturated carbocycles. The van der Waals surface area contributed by atoms with Crippen LogP contribution in [0.15, 0.2) is 54.7 Å². The van der Waals surface area contributed by atoms with Gasteiger partial charge in [-0.1, -0.05) is 30.3 Å². The second kappa shape index (κ2) is 10.8. The van der Waals surface area contributed by atoms with Gasteiger partial charge in [0.25, 0.3) is 0 Å². The van der Waals surface area contributed by atoms with Crippen molar-refractivity contribution in [3.05, 3.63) is 70.7 Å². The number of piperidine rings is 1. The predicted octanol–water partition coefficient (Wildman–Crippen LogP) is 4.95. The van der Waals surface area contributed by atoms with Gasteiger partial charge in [-0.15, -0.1) is 11.3 Å². The summed E-state index contributed by atoms with van der Waals surface area (Å²) in [5.74, 6) is -1.25. The lowest BCUT2D eigenvalue weighted by Gasteiger charge is -2.34. The number of carbonyl (C=O) groups is 1. The van der Waals surface area contributed by atoms with Crippen molar-refractivity contribution < 1.29 is 28.2 Å². The lowest BCUT2D eigenvalue weighted by Crippen LogP contribution is -2.44. The van der Waals surface area contributed by atoms with E-state index >= 15 is 0 Å². The van der Waals surface area contributed by atoms with Crippen LogP contribution in [0.2, 0.25) is 0 Å². The number of hydrogen-bond acceptors (Lipinski definition) is 8. The standard InChI is InChI=1S/C27H26F3N5O3S/c28-27(29,30)18-13-21(34-25-22(18)23(31)24(39-25)26(37)38)35-11-8-17(9-12-35)33-14-20(36)16-6-4-15(5-7-16)19-3-1-2-10-32-19/h1-7,10,13,17,20,33,36H,8-9,11-12,14,31H2,(H,37,38). The molecule has 1 unspecified atom stereocenters. The molecule has 3 aromatic heterocycles. The Morgan fingerprint density at radius 3 is 2.51 bits per heavy atom. The number of rotatable bonds is 7. The molecule has 0 aliphatic carbocycles. The average molecular weight is 558 g/mol. The average Bonchev–Trinajstić information content (AvgIpc) is 3.28. The highest BCUT2D eigenvalue weighted by molar-refractivity contribution is 7.21. The van der Waals surface area contributed by atoms with Gasteiger partial charge in [0.1, 0.15) is 15.5 Å². The number of hydrogen-bond donors (Lipinski definition) is 4. The molecule has 0 radical (unpaired) electrons. The molecule has 1 saturated heterocycles. The second-order valence-electron chi connectivity index (χ2n) is 9.38. The van der Waals surface area contributed by atoms with Crippen LogP contribution in [0, 0.1) is 0 Å². The highest BCUT2D eigenvalue weighted by atomic mass is 32.1. The van der Waals surface area contributed by atoms with Crippen LogP contribution >= 0.6 is 11.3 Å². The highest BCUT2D eigenvalue weighted by Gasteiger charge is 2.37. The zero-order valence-corrected chi connectivity index (χ0v) is 21.5. The molecule has 0 spiro atoms. The summed E-state index contributed by atoms with van der Waals surface area (Å²) in [4.78, 5) is 21.5. The molecule has 1 fully saturated rings. The highest BCUT2D eigenvalue weighted by Crippen LogP contribution is 2.43. The van der Waals surface area contributed by atoms with Gasteiger partial charge in [0.15, 0.2) is 0 Å². The van der Waals surface area contributed by atoms with E-state index in [1.165, 1.54) is 0 Å². The van der Waals surface area contributed by atoms with Gasteiger partial charge in [-0.2, -0.15) is 13.2 Å². The fourth-order valence-corrected chi connectivity index (χ4v) is 5.72. The molecule has 0 amide bonds. The normalized spacial score (nSPS) is 15.5. The number of carboxylic acids is 1. The Balaban J connectivity index is 1.22. The van der Waals surface area contributed by atoms with E-state index in [1.54, 1.807) is 11.1 Å². The van der Waals surface area contributed by atoms with E-state index in [0.29, 0.717) is 43.8 Å². The van der Waals surface area contributed by atoms with E-state index in [4.69, 9.17) is 5.73 Å². The number of nitrogen functional groups attached to an aromatic ring is 1. The van der Waals surface area contributed by atoms with E-state index in [2.05, 4.69) is 15.3 Å². The van der Waals surface area contributed by atoms with Gasteiger partial charge in [0, 0.05) is 42.8 Å². The number of aromatic nitrogens is 2. The van der Waals surface area contributed by atoms with E-state index in [0.717, 1.165) is 22.9 Å². The fourth-order valence-electron chi connectivity index (χ4n) is 4.77. The first-order chi connectivity index (χ1) is 18.6. The van der Waals surface area contributed by atoms with Crippen LogP contribution in [-0.2, 0) is 6.18 Å². The van der Waals surface area contributed by atoms with Crippen molar-refractivity contribution in [1.82, 2.24) is 15.3 Å². The number of aliphatic hydroxyl groups is 1. The van der Waals surface area contributed by atoms with E-state index in [-0.39, 0.29) is 27.0 Å². The summed E-state index contributed by atoms with van der Waals surface area (Å²) in [6, 6.07) is 14.3. The van der Waals surface area contributed by atoms with Crippen molar-refractivity contribution in [2.75, 3.05) is 30.3 Å². The number of halogens is 3. The molecule has 8 nitrogen and oxygen atoms in total. The summed E-state index contributed by atoms with van der Waals surface area (Å²) in [6.45, 7) is 1.24. The van der Waals surface area contributed by atoms with Gasteiger partial charge >= 0.3 is 12.1 Å². The Bertz CT molecular complexity index is 1470. The first-order valence-electron chi connectivity index (χ1n) is 12.3. The number of aromatic carboxylic acids is 1. The summed E-state index contributed by atoms with van der Waals surface area (Å²) in [6.07, 6.45) is -2.43. The topological polar surface area (TPSA) is 125 Å². The predicted molar refractivity (Wildman–Crippen MR) is 144 cm³/mol. The summed E-state index contributed by atoms with van der Waals surface area (Å²) in [5, 5.41) is 23.0. The summed E-state index contributed by atoms with van der Waals surface area (Å²) >= 11 is 0.644. The summed E-state index contributed by atoms with van der Waals surface area (Å²) in [7, 11) is 0. The van der Waals surface area contributed by atoms with Crippen molar-refractivity contribution in [1.29, 1.82) is 0 Å². The summed E-state index contributed by atoms with van der Waals surface area (Å²) in [5.41, 5.74) is 6.94. The molecule has 4 aromatic rings. The van der Waals surface area contributed by atoms with Crippen molar-refractivity contribution in [2.45, 2.75) is 31.2 Å². The number of nitrogens with one attached hydrogen (secondary N) is 1. The van der Waals surface area contributed by atoms with Gasteiger partial charge in [-0.05, 0) is 36.6 Å². The van der Waals surface area contributed by atoms with Crippen LogP contribution in [0.1, 0.15) is 39.7 Å². The van der Waals surface area contributed by atoms with Gasteiger partial charge in [0.05, 0.1) is 23.0 Å². The first-order valence-corrected chi connectivity index (χ1v) is 13.1. The van der Waals surface area contributed by atoms with Crippen LogP contribution in [0.4, 0.5) is 24.7 Å². The van der Waals surface area contributed by atoms with Gasteiger partial charge in [0.2, 0.25) is 0 Å². The third kappa shape index (κ3) is 5.68. The SMILES string of the molecule is Nc1c(C(=O)O)sc2nc(N3CCC(NCC(O)c4ccc(-c5ccccn5)cc4)CC3)cc(C(F)(F)F)c12. The largest absolute Gasteiger partial charge is 0.477 e. The lowest BCUT2D eigenvalue weighted by atomic mass is 10.0. The van der Waals surface area contributed by atoms with Gasteiger partial charge < -0.3 is 26.2 Å². The number of nitrogens with two attached hydrogens (primary N) is 1. The van der Waals surface area contributed by atoms with Gasteiger partial charge in [-0.25, -0.2) is 9.78 Å². The fraction of sp³-hybridized carbons (Fsp3) is 0.296. The van der Waals surface area contributed by atoms with Crippen LogP contribution in [-0.4, -0.2) is 51.8 Å². The third-order valence-electron chi connectivity index (χ3n) is 6.86. The summed E-state index contributed by atoms with van der Waals surface area (Å²) < 4.78 is 41.6. The van der Waals surface area contributed by atoms with E-state index in [9.17, 15) is 28.2 Å². The molecular weight excluding hydrogens is 531 g/mol. The number of anilines is 2. The molecule has 0 bridgehead atoms. The van der Waals surface area contributed by atoms with Crippen LogP contribution < -0.4 is 16.0 Å². The van der Waals surface area contributed by atoms with Crippen molar-refractivity contribution in [2.24, 2.45) is 0 Å². The number of alkyl halides is 3. The molecule has 5 N–H and O–H groups in total. The molecule has 1 aromatic carbocycles. The molecule has 5 rings (SSSR count). The minimum Gasteiger partial charge on any atom is -0.477 e. The zero-order chi connectivity index (χ0) is 27.7. The van der Waals surface area contributed by atoms with Crippen molar-refractivity contribution in [3.8, 4) is 11.3 Å². The Kier molecular flexibility index (Phi) is 7.43. The number of thiophene rings is 1. The number of carboxylic acid groups (broad SMARTS) is 1. The lowest BCUT2D eigenvalue weighted by molar-refractivity contribution is -0.136. The number of benzene rings is 1. The molecule has 1 atom stereocenters. The van der Waals surface area contributed by atoms with E-state index < -0.39 is 29.5 Å². The minimum atomic E-state index is -4.72. The molecule has 1 aliphatic rings. The maximum Gasteiger partial charge on any atom is 0.417 e. The van der Waals surface area contributed by atoms with Crippen molar-refractivity contribution >= 4 is 39.0 Å². The Morgan fingerprint density at radius 2 is 1.90 bits per heavy atom. The molecule has 204 valence electrons. The maximum absolute atomic E-state index is 13.9. The number of fused-ring (bicyclic) bond motifs is 1. The van der Waals surface area contributed by atoms with Crippen LogP contribution in [0.5, 0.6) is 0 Å².